The molecule has 3 fully saturated rings. The third kappa shape index (κ3) is 6.45. The number of ether oxygens (including phenoxy) is 3. The highest BCUT2D eigenvalue weighted by Gasteiger charge is 2.35. The standard InChI is InChI=1S/C28H36O8/c29-25(30)21-16-17-22(26(31)34-18-10-4-1-5-11-18)24(28(33)36-20-14-8-3-9-15-20)23(21)27(32)35-19-12-6-2-7-13-19/h16-20H,1-15H2,(H,29,30). The molecule has 0 amide bonds. The Morgan fingerprint density at radius 1 is 0.528 bits per heavy atom. The van der Waals surface area contributed by atoms with Gasteiger partial charge in [0.05, 0.1) is 22.3 Å². The Balaban J connectivity index is 1.71. The van der Waals surface area contributed by atoms with Crippen molar-refractivity contribution in [3.05, 3.63) is 34.4 Å². The largest absolute Gasteiger partial charge is 0.478 e. The van der Waals surface area contributed by atoms with Crippen LogP contribution in [-0.2, 0) is 14.2 Å². The Morgan fingerprint density at radius 3 is 1.25 bits per heavy atom. The third-order valence-electron chi connectivity index (χ3n) is 7.54. The molecule has 0 unspecified atom stereocenters. The van der Waals surface area contributed by atoms with Gasteiger partial charge in [-0.05, 0) is 89.2 Å². The summed E-state index contributed by atoms with van der Waals surface area (Å²) in [4.78, 5) is 52.2. The van der Waals surface area contributed by atoms with Crippen molar-refractivity contribution < 1.29 is 38.5 Å². The minimum absolute atomic E-state index is 0.151. The van der Waals surface area contributed by atoms with Gasteiger partial charge in [-0.3, -0.25) is 0 Å². The lowest BCUT2D eigenvalue weighted by Gasteiger charge is -2.26. The van der Waals surface area contributed by atoms with Gasteiger partial charge in [-0.25, -0.2) is 19.2 Å². The number of hydrogen-bond acceptors (Lipinski definition) is 7. The van der Waals surface area contributed by atoms with Gasteiger partial charge in [0, 0.05) is 0 Å². The molecular formula is C28H36O8. The fourth-order valence-corrected chi connectivity index (χ4v) is 5.56. The number of carboxylic acid groups (broad SMARTS) is 1. The average molecular weight is 501 g/mol. The Morgan fingerprint density at radius 2 is 0.861 bits per heavy atom. The zero-order chi connectivity index (χ0) is 25.5. The van der Waals surface area contributed by atoms with Crippen LogP contribution in [0.15, 0.2) is 12.1 Å². The highest BCUT2D eigenvalue weighted by molar-refractivity contribution is 6.15. The molecule has 3 aliphatic rings. The number of carboxylic acids is 1. The summed E-state index contributed by atoms with van der Waals surface area (Å²) in [6.45, 7) is 0. The van der Waals surface area contributed by atoms with Gasteiger partial charge in [0.1, 0.15) is 18.3 Å². The lowest BCUT2D eigenvalue weighted by atomic mass is 9.93. The molecule has 0 spiro atoms. The Hall–Kier alpha value is -2.90. The molecule has 0 heterocycles. The van der Waals surface area contributed by atoms with Crippen molar-refractivity contribution >= 4 is 23.9 Å². The van der Waals surface area contributed by atoms with Crippen molar-refractivity contribution in [1.29, 1.82) is 0 Å². The summed E-state index contributed by atoms with van der Waals surface area (Å²) in [5, 5.41) is 9.86. The quantitative estimate of drug-likeness (QED) is 0.366. The van der Waals surface area contributed by atoms with E-state index >= 15 is 0 Å². The molecule has 36 heavy (non-hydrogen) atoms. The second-order valence-corrected chi connectivity index (χ2v) is 10.2. The van der Waals surface area contributed by atoms with E-state index < -0.39 is 29.4 Å². The summed E-state index contributed by atoms with van der Waals surface area (Å²) < 4.78 is 17.1. The van der Waals surface area contributed by atoms with E-state index in [1.807, 2.05) is 0 Å². The zero-order valence-electron chi connectivity index (χ0n) is 20.8. The zero-order valence-corrected chi connectivity index (χ0v) is 20.8. The summed E-state index contributed by atoms with van der Waals surface area (Å²) in [6, 6.07) is 2.43. The van der Waals surface area contributed by atoms with E-state index in [-0.39, 0.29) is 35.0 Å². The molecule has 4 rings (SSSR count). The van der Waals surface area contributed by atoms with Gasteiger partial charge < -0.3 is 19.3 Å². The van der Waals surface area contributed by atoms with Crippen molar-refractivity contribution in [2.75, 3.05) is 0 Å². The van der Waals surface area contributed by atoms with E-state index in [1.54, 1.807) is 0 Å². The van der Waals surface area contributed by atoms with Crippen LogP contribution in [-0.4, -0.2) is 47.3 Å². The minimum atomic E-state index is -1.38. The lowest BCUT2D eigenvalue weighted by Crippen LogP contribution is -2.29. The highest BCUT2D eigenvalue weighted by atomic mass is 16.6. The predicted molar refractivity (Wildman–Crippen MR) is 130 cm³/mol. The minimum Gasteiger partial charge on any atom is -0.478 e. The van der Waals surface area contributed by atoms with Crippen LogP contribution in [0.25, 0.3) is 0 Å². The first-order valence-electron chi connectivity index (χ1n) is 13.5. The summed E-state index contributed by atoms with van der Waals surface area (Å²) in [5.41, 5.74) is -1.32. The Labute approximate surface area is 211 Å². The molecule has 0 atom stereocenters. The molecule has 196 valence electrons. The predicted octanol–water partition coefficient (Wildman–Crippen LogP) is 5.85. The maximum Gasteiger partial charge on any atom is 0.340 e. The number of hydrogen-bond donors (Lipinski definition) is 1. The second-order valence-electron chi connectivity index (χ2n) is 10.2. The first kappa shape index (κ1) is 26.2. The number of esters is 3. The smallest absolute Gasteiger partial charge is 0.340 e. The molecule has 1 aromatic carbocycles. The van der Waals surface area contributed by atoms with Gasteiger partial charge in [-0.1, -0.05) is 19.3 Å². The van der Waals surface area contributed by atoms with E-state index in [0.717, 1.165) is 70.6 Å². The van der Waals surface area contributed by atoms with Crippen LogP contribution in [0.5, 0.6) is 0 Å². The number of rotatable bonds is 7. The molecule has 1 aromatic rings. The van der Waals surface area contributed by atoms with Gasteiger partial charge in [-0.15, -0.1) is 0 Å². The summed E-state index contributed by atoms with van der Waals surface area (Å²) in [6.07, 6.45) is 12.0. The topological polar surface area (TPSA) is 116 Å². The monoisotopic (exact) mass is 500 g/mol. The summed E-state index contributed by atoms with van der Waals surface area (Å²) in [5.74, 6) is -3.93. The molecule has 0 aliphatic heterocycles. The fourth-order valence-electron chi connectivity index (χ4n) is 5.56. The molecule has 8 nitrogen and oxygen atoms in total. The van der Waals surface area contributed by atoms with E-state index in [9.17, 15) is 24.3 Å². The molecule has 3 saturated carbocycles. The van der Waals surface area contributed by atoms with E-state index in [2.05, 4.69) is 0 Å². The highest BCUT2D eigenvalue weighted by Crippen LogP contribution is 2.30. The molecule has 3 aliphatic carbocycles. The maximum absolute atomic E-state index is 13.5. The van der Waals surface area contributed by atoms with E-state index in [1.165, 1.54) is 12.1 Å². The van der Waals surface area contributed by atoms with E-state index in [4.69, 9.17) is 14.2 Å². The number of carbonyl (C=O) groups excluding carboxylic acids is 3. The summed E-state index contributed by atoms with van der Waals surface area (Å²) in [7, 11) is 0. The van der Waals surface area contributed by atoms with Crippen LogP contribution in [0.2, 0.25) is 0 Å². The molecule has 0 bridgehead atoms. The van der Waals surface area contributed by atoms with Crippen LogP contribution < -0.4 is 0 Å². The first-order valence-corrected chi connectivity index (χ1v) is 13.5. The second kappa shape index (κ2) is 12.4. The van der Waals surface area contributed by atoms with Gasteiger partial charge in [0.25, 0.3) is 0 Å². The average Bonchev–Trinajstić information content (AvgIpc) is 2.89. The van der Waals surface area contributed by atoms with Crippen LogP contribution in [0.3, 0.4) is 0 Å². The number of benzene rings is 1. The molecular weight excluding hydrogens is 464 g/mol. The lowest BCUT2D eigenvalue weighted by molar-refractivity contribution is 0.0142. The van der Waals surface area contributed by atoms with E-state index in [0.29, 0.717) is 25.7 Å². The molecule has 0 saturated heterocycles. The molecule has 1 N–H and O–H groups in total. The third-order valence-corrected chi connectivity index (χ3v) is 7.54. The molecule has 8 heteroatoms. The van der Waals surface area contributed by atoms with Gasteiger partial charge in [0.15, 0.2) is 0 Å². The van der Waals surface area contributed by atoms with Crippen molar-refractivity contribution in [1.82, 2.24) is 0 Å². The van der Waals surface area contributed by atoms with Crippen LogP contribution >= 0.6 is 0 Å². The maximum atomic E-state index is 13.5. The van der Waals surface area contributed by atoms with Crippen LogP contribution in [0.1, 0.15) is 138 Å². The van der Waals surface area contributed by atoms with Crippen molar-refractivity contribution in [3.63, 3.8) is 0 Å². The Kier molecular flexibility index (Phi) is 8.99. The van der Waals surface area contributed by atoms with Crippen LogP contribution in [0.4, 0.5) is 0 Å². The first-order chi connectivity index (χ1) is 17.4. The van der Waals surface area contributed by atoms with Crippen molar-refractivity contribution in [2.45, 2.75) is 115 Å². The summed E-state index contributed by atoms with van der Waals surface area (Å²) >= 11 is 0. The Bertz CT molecular complexity index is 966. The van der Waals surface area contributed by atoms with Gasteiger partial charge in [0.2, 0.25) is 0 Å². The number of aromatic carboxylic acids is 1. The van der Waals surface area contributed by atoms with Gasteiger partial charge >= 0.3 is 23.9 Å². The fraction of sp³-hybridized carbons (Fsp3) is 0.643. The van der Waals surface area contributed by atoms with Gasteiger partial charge in [-0.2, -0.15) is 0 Å². The number of carbonyl (C=O) groups is 4. The molecule has 0 radical (unpaired) electrons. The van der Waals surface area contributed by atoms with Crippen molar-refractivity contribution in [3.8, 4) is 0 Å². The van der Waals surface area contributed by atoms with Crippen LogP contribution in [0, 0.1) is 0 Å². The SMILES string of the molecule is O=C(O)c1ccc(C(=O)OC2CCCCC2)c(C(=O)OC2CCCCC2)c1C(=O)OC1CCCCC1. The molecule has 0 aromatic heterocycles. The van der Waals surface area contributed by atoms with Crippen molar-refractivity contribution in [2.24, 2.45) is 0 Å². The normalized spacial score (nSPS) is 19.9.